The van der Waals surface area contributed by atoms with Gasteiger partial charge in [0.25, 0.3) is 0 Å². The summed E-state index contributed by atoms with van der Waals surface area (Å²) in [6, 6.07) is 8.61. The molecule has 1 aromatic rings. The van der Waals surface area contributed by atoms with Crippen LogP contribution in [0.4, 0.5) is 0 Å². The largest absolute Gasteiger partial charge is 0.353 e. The number of aryl methyl sites for hydroxylation is 1. The van der Waals surface area contributed by atoms with E-state index in [0.29, 0.717) is 11.8 Å². The molecule has 0 spiro atoms. The Labute approximate surface area is 139 Å². The van der Waals surface area contributed by atoms with Gasteiger partial charge in [0.1, 0.15) is 0 Å². The van der Waals surface area contributed by atoms with E-state index >= 15 is 0 Å². The Balaban J connectivity index is 0.00000176. The molecule has 0 saturated heterocycles. The molecule has 5 unspecified atom stereocenters. The number of hydrogen-bond donors (Lipinski definition) is 2. The third kappa shape index (κ3) is 3.31. The Morgan fingerprint density at radius 2 is 2.00 bits per heavy atom. The molecule has 122 valence electrons. The summed E-state index contributed by atoms with van der Waals surface area (Å²) < 4.78 is 0. The van der Waals surface area contributed by atoms with E-state index in [1.807, 2.05) is 0 Å². The molecular formula is C18H27ClN2O. The highest BCUT2D eigenvalue weighted by molar-refractivity contribution is 5.85. The summed E-state index contributed by atoms with van der Waals surface area (Å²) >= 11 is 0. The van der Waals surface area contributed by atoms with Crippen LogP contribution in [-0.2, 0) is 11.2 Å². The van der Waals surface area contributed by atoms with Gasteiger partial charge < -0.3 is 11.1 Å². The van der Waals surface area contributed by atoms with Crippen LogP contribution in [0.5, 0.6) is 0 Å². The van der Waals surface area contributed by atoms with Crippen LogP contribution < -0.4 is 11.1 Å². The molecule has 2 saturated carbocycles. The van der Waals surface area contributed by atoms with Gasteiger partial charge in [-0.15, -0.1) is 12.4 Å². The number of amides is 1. The van der Waals surface area contributed by atoms with Gasteiger partial charge in [0, 0.05) is 12.1 Å². The van der Waals surface area contributed by atoms with Crippen LogP contribution in [0.1, 0.15) is 37.3 Å². The minimum Gasteiger partial charge on any atom is -0.353 e. The van der Waals surface area contributed by atoms with Crippen LogP contribution in [0.25, 0.3) is 0 Å². The number of hydrogen-bond acceptors (Lipinski definition) is 2. The van der Waals surface area contributed by atoms with Crippen LogP contribution in [0.2, 0.25) is 0 Å². The average molecular weight is 323 g/mol. The van der Waals surface area contributed by atoms with Crippen LogP contribution in [0.3, 0.4) is 0 Å². The van der Waals surface area contributed by atoms with E-state index in [-0.39, 0.29) is 36.3 Å². The van der Waals surface area contributed by atoms with Crippen LogP contribution in [0.15, 0.2) is 24.3 Å². The molecule has 1 aromatic carbocycles. The molecule has 3 N–H and O–H groups in total. The minimum absolute atomic E-state index is 0. The second-order valence-corrected chi connectivity index (χ2v) is 6.98. The number of rotatable bonds is 4. The van der Waals surface area contributed by atoms with E-state index in [0.717, 1.165) is 12.8 Å². The third-order valence-corrected chi connectivity index (χ3v) is 5.46. The zero-order chi connectivity index (χ0) is 15.0. The molecule has 22 heavy (non-hydrogen) atoms. The fourth-order valence-electron chi connectivity index (χ4n) is 4.28. The maximum absolute atomic E-state index is 12.5. The van der Waals surface area contributed by atoms with Crippen molar-refractivity contribution in [3.8, 4) is 0 Å². The van der Waals surface area contributed by atoms with Crippen LogP contribution in [-0.4, -0.2) is 18.0 Å². The summed E-state index contributed by atoms with van der Waals surface area (Å²) in [6.45, 7) is 4.21. The lowest BCUT2D eigenvalue weighted by Gasteiger charge is -2.28. The SMILES string of the molecule is Cc1ccccc1CC(C)NC(=O)C1C2CCC(C2)C1N.Cl. The predicted molar refractivity (Wildman–Crippen MR) is 92.0 cm³/mol. The van der Waals surface area contributed by atoms with Crippen molar-refractivity contribution >= 4 is 18.3 Å². The summed E-state index contributed by atoms with van der Waals surface area (Å²) in [7, 11) is 0. The molecule has 3 rings (SSSR count). The quantitative estimate of drug-likeness (QED) is 0.895. The van der Waals surface area contributed by atoms with Gasteiger partial charge in [0.05, 0.1) is 5.92 Å². The highest BCUT2D eigenvalue weighted by Crippen LogP contribution is 2.47. The van der Waals surface area contributed by atoms with Gasteiger partial charge in [-0.2, -0.15) is 0 Å². The van der Waals surface area contributed by atoms with Gasteiger partial charge in [-0.05, 0) is 62.5 Å². The molecule has 5 atom stereocenters. The Morgan fingerprint density at radius 3 is 2.64 bits per heavy atom. The van der Waals surface area contributed by atoms with E-state index < -0.39 is 0 Å². The highest BCUT2D eigenvalue weighted by Gasteiger charge is 2.49. The van der Waals surface area contributed by atoms with Crippen LogP contribution >= 0.6 is 12.4 Å². The normalized spacial score (nSPS) is 30.7. The lowest BCUT2D eigenvalue weighted by molar-refractivity contribution is -0.127. The lowest BCUT2D eigenvalue weighted by Crippen LogP contribution is -2.47. The zero-order valence-electron chi connectivity index (χ0n) is 13.4. The molecule has 0 radical (unpaired) electrons. The molecule has 0 heterocycles. The second-order valence-electron chi connectivity index (χ2n) is 6.98. The lowest BCUT2D eigenvalue weighted by atomic mass is 9.84. The van der Waals surface area contributed by atoms with E-state index in [1.54, 1.807) is 0 Å². The van der Waals surface area contributed by atoms with Crippen molar-refractivity contribution in [1.29, 1.82) is 0 Å². The first-order valence-electron chi connectivity index (χ1n) is 8.16. The predicted octanol–water partition coefficient (Wildman–Crippen LogP) is 2.84. The summed E-state index contributed by atoms with van der Waals surface area (Å²) in [5.41, 5.74) is 8.85. The van der Waals surface area contributed by atoms with E-state index in [4.69, 9.17) is 5.73 Å². The summed E-state index contributed by atoms with van der Waals surface area (Å²) in [4.78, 5) is 12.5. The Bertz CT molecular complexity index is 532. The standard InChI is InChI=1S/C18H26N2O.ClH/c1-11-5-3-4-6-13(11)9-12(2)20-18(21)16-14-7-8-15(10-14)17(16)19;/h3-6,12,14-17H,7-10,19H2,1-2H3,(H,20,21);1H. The fourth-order valence-corrected chi connectivity index (χ4v) is 4.28. The van der Waals surface area contributed by atoms with Crippen molar-refractivity contribution in [2.24, 2.45) is 23.5 Å². The van der Waals surface area contributed by atoms with Gasteiger partial charge in [0.15, 0.2) is 0 Å². The first-order chi connectivity index (χ1) is 10.1. The van der Waals surface area contributed by atoms with Crippen molar-refractivity contribution in [2.75, 3.05) is 0 Å². The number of benzene rings is 1. The smallest absolute Gasteiger partial charge is 0.225 e. The monoisotopic (exact) mass is 322 g/mol. The van der Waals surface area contributed by atoms with E-state index in [1.165, 1.54) is 24.0 Å². The van der Waals surface area contributed by atoms with Crippen LogP contribution in [0, 0.1) is 24.7 Å². The maximum atomic E-state index is 12.5. The number of nitrogens with one attached hydrogen (secondary N) is 1. The molecule has 3 nitrogen and oxygen atoms in total. The minimum atomic E-state index is 0. The number of carbonyl (C=O) groups is 1. The molecule has 4 heteroatoms. The number of carbonyl (C=O) groups excluding carboxylic acids is 1. The second kappa shape index (κ2) is 7.01. The van der Waals surface area contributed by atoms with E-state index in [9.17, 15) is 4.79 Å². The zero-order valence-corrected chi connectivity index (χ0v) is 14.2. The topological polar surface area (TPSA) is 55.1 Å². The summed E-state index contributed by atoms with van der Waals surface area (Å²) in [5.74, 6) is 1.33. The molecule has 1 amide bonds. The van der Waals surface area contributed by atoms with Gasteiger partial charge in [-0.1, -0.05) is 24.3 Å². The summed E-state index contributed by atoms with van der Waals surface area (Å²) in [6.07, 6.45) is 4.44. The molecule has 0 aromatic heterocycles. The average Bonchev–Trinajstić information content (AvgIpc) is 3.01. The maximum Gasteiger partial charge on any atom is 0.225 e. The molecule has 2 aliphatic rings. The summed E-state index contributed by atoms with van der Waals surface area (Å²) in [5, 5.41) is 3.19. The molecule has 2 aliphatic carbocycles. The Morgan fingerprint density at radius 1 is 1.32 bits per heavy atom. The molecule has 2 fully saturated rings. The van der Waals surface area contributed by atoms with Crippen molar-refractivity contribution in [3.63, 3.8) is 0 Å². The van der Waals surface area contributed by atoms with Gasteiger partial charge in [0.2, 0.25) is 5.91 Å². The van der Waals surface area contributed by atoms with Gasteiger partial charge in [-0.25, -0.2) is 0 Å². The van der Waals surface area contributed by atoms with E-state index in [2.05, 4.69) is 43.4 Å². The fraction of sp³-hybridized carbons (Fsp3) is 0.611. The number of fused-ring (bicyclic) bond motifs is 2. The number of nitrogens with two attached hydrogens (primary N) is 1. The van der Waals surface area contributed by atoms with Gasteiger partial charge >= 0.3 is 0 Å². The molecular weight excluding hydrogens is 296 g/mol. The first kappa shape index (κ1) is 17.3. The molecule has 0 aliphatic heterocycles. The van der Waals surface area contributed by atoms with Crippen molar-refractivity contribution < 1.29 is 4.79 Å². The van der Waals surface area contributed by atoms with Crippen molar-refractivity contribution in [1.82, 2.24) is 5.32 Å². The first-order valence-corrected chi connectivity index (χ1v) is 8.16. The third-order valence-electron chi connectivity index (χ3n) is 5.46. The number of halogens is 1. The van der Waals surface area contributed by atoms with Crippen molar-refractivity contribution in [2.45, 2.75) is 51.6 Å². The Hall–Kier alpha value is -1.06. The highest BCUT2D eigenvalue weighted by atomic mass is 35.5. The Kier molecular flexibility index (Phi) is 5.51. The molecule has 2 bridgehead atoms. The van der Waals surface area contributed by atoms with Crippen molar-refractivity contribution in [3.05, 3.63) is 35.4 Å². The van der Waals surface area contributed by atoms with Gasteiger partial charge in [-0.3, -0.25) is 4.79 Å².